The van der Waals surface area contributed by atoms with Gasteiger partial charge >= 0.3 is 5.97 Å². The van der Waals surface area contributed by atoms with Crippen LogP contribution >= 0.6 is 0 Å². The fourth-order valence-electron chi connectivity index (χ4n) is 1.91. The maximum atomic E-state index is 12.0. The smallest absolute Gasteiger partial charge is 0.338 e. The Hall–Kier alpha value is -2.15. The molecule has 0 saturated heterocycles. The molecular formula is C14H16N2O4S. The second-order valence-corrected chi connectivity index (χ2v) is 6.83. The first-order chi connectivity index (χ1) is 9.77. The van der Waals surface area contributed by atoms with Crippen LogP contribution in [0.3, 0.4) is 0 Å². The van der Waals surface area contributed by atoms with Crippen molar-refractivity contribution in [1.29, 1.82) is 0 Å². The number of esters is 1. The summed E-state index contributed by atoms with van der Waals surface area (Å²) < 4.78 is 30.1. The number of carbonyl (C=O) groups is 1. The van der Waals surface area contributed by atoms with E-state index in [4.69, 9.17) is 4.74 Å². The molecule has 1 aromatic carbocycles. The SMILES string of the molecule is Cc1ccc(C(=O)OCc2cnn(C)c2)cc1S(C)(=O)=O. The van der Waals surface area contributed by atoms with Crippen LogP contribution in [0.4, 0.5) is 0 Å². The molecule has 112 valence electrons. The number of aryl methyl sites for hydroxylation is 2. The Morgan fingerprint density at radius 1 is 1.38 bits per heavy atom. The van der Waals surface area contributed by atoms with E-state index in [9.17, 15) is 13.2 Å². The lowest BCUT2D eigenvalue weighted by atomic mass is 10.1. The van der Waals surface area contributed by atoms with Gasteiger partial charge in [0.1, 0.15) is 6.61 Å². The number of rotatable bonds is 4. The molecule has 0 bridgehead atoms. The lowest BCUT2D eigenvalue weighted by Crippen LogP contribution is -2.08. The third-order valence-electron chi connectivity index (χ3n) is 2.95. The van der Waals surface area contributed by atoms with Crippen LogP contribution in [0.15, 0.2) is 35.5 Å². The molecule has 0 aliphatic heterocycles. The summed E-state index contributed by atoms with van der Waals surface area (Å²) in [5, 5.41) is 3.97. The lowest BCUT2D eigenvalue weighted by Gasteiger charge is -2.07. The van der Waals surface area contributed by atoms with Gasteiger partial charge in [0.2, 0.25) is 0 Å². The fourth-order valence-corrected chi connectivity index (χ4v) is 2.90. The Morgan fingerprint density at radius 2 is 2.10 bits per heavy atom. The van der Waals surface area contributed by atoms with Gasteiger partial charge in [0.05, 0.1) is 16.7 Å². The molecule has 7 heteroatoms. The van der Waals surface area contributed by atoms with Crippen LogP contribution in [0.25, 0.3) is 0 Å². The largest absolute Gasteiger partial charge is 0.457 e. The first-order valence-corrected chi connectivity index (χ1v) is 8.12. The van der Waals surface area contributed by atoms with Gasteiger partial charge in [-0.3, -0.25) is 4.68 Å². The van der Waals surface area contributed by atoms with E-state index in [-0.39, 0.29) is 17.1 Å². The average Bonchev–Trinajstić information content (AvgIpc) is 2.81. The Morgan fingerprint density at radius 3 is 2.67 bits per heavy atom. The lowest BCUT2D eigenvalue weighted by molar-refractivity contribution is 0.0472. The van der Waals surface area contributed by atoms with Crippen LogP contribution < -0.4 is 0 Å². The van der Waals surface area contributed by atoms with Crippen molar-refractivity contribution in [2.45, 2.75) is 18.4 Å². The first-order valence-electron chi connectivity index (χ1n) is 6.23. The summed E-state index contributed by atoms with van der Waals surface area (Å²) >= 11 is 0. The number of hydrogen-bond donors (Lipinski definition) is 0. The summed E-state index contributed by atoms with van der Waals surface area (Å²) in [5.74, 6) is -0.566. The van der Waals surface area contributed by atoms with Gasteiger partial charge in [0, 0.05) is 25.1 Å². The van der Waals surface area contributed by atoms with E-state index in [0.29, 0.717) is 5.56 Å². The zero-order chi connectivity index (χ0) is 15.6. The van der Waals surface area contributed by atoms with Gasteiger partial charge < -0.3 is 4.74 Å². The molecule has 0 aliphatic carbocycles. The number of aromatic nitrogens is 2. The minimum Gasteiger partial charge on any atom is -0.457 e. The minimum atomic E-state index is -3.37. The van der Waals surface area contributed by atoms with E-state index < -0.39 is 15.8 Å². The molecule has 6 nitrogen and oxygen atoms in total. The van der Waals surface area contributed by atoms with Crippen LogP contribution in [0.2, 0.25) is 0 Å². The van der Waals surface area contributed by atoms with Gasteiger partial charge in [-0.15, -0.1) is 0 Å². The summed E-state index contributed by atoms with van der Waals surface area (Å²) in [6.45, 7) is 1.77. The number of benzene rings is 1. The van der Waals surface area contributed by atoms with Crippen LogP contribution in [0.5, 0.6) is 0 Å². The summed E-state index contributed by atoms with van der Waals surface area (Å²) in [6, 6.07) is 4.49. The van der Waals surface area contributed by atoms with E-state index in [2.05, 4.69) is 5.10 Å². The topological polar surface area (TPSA) is 78.3 Å². The van der Waals surface area contributed by atoms with Crippen LogP contribution in [-0.4, -0.2) is 30.4 Å². The van der Waals surface area contributed by atoms with Crippen molar-refractivity contribution < 1.29 is 17.9 Å². The number of carbonyl (C=O) groups excluding carboxylic acids is 1. The summed E-state index contributed by atoms with van der Waals surface area (Å²) in [7, 11) is -1.61. The average molecular weight is 308 g/mol. The summed E-state index contributed by atoms with van der Waals surface area (Å²) in [6.07, 6.45) is 4.45. The summed E-state index contributed by atoms with van der Waals surface area (Å²) in [5.41, 5.74) is 1.58. The maximum absolute atomic E-state index is 12.0. The highest BCUT2D eigenvalue weighted by atomic mass is 32.2. The quantitative estimate of drug-likeness (QED) is 0.800. The molecular weight excluding hydrogens is 292 g/mol. The van der Waals surface area contributed by atoms with E-state index >= 15 is 0 Å². The second-order valence-electron chi connectivity index (χ2n) is 4.85. The number of sulfone groups is 1. The third-order valence-corrected chi connectivity index (χ3v) is 4.19. The predicted octanol–water partition coefficient (Wildman–Crippen LogP) is 1.49. The van der Waals surface area contributed by atoms with Crippen molar-refractivity contribution in [3.8, 4) is 0 Å². The van der Waals surface area contributed by atoms with E-state index in [0.717, 1.165) is 11.8 Å². The molecule has 0 amide bonds. The normalized spacial score (nSPS) is 11.4. The standard InChI is InChI=1S/C14H16N2O4S/c1-10-4-5-12(6-13(10)21(3,18)19)14(17)20-9-11-7-15-16(2)8-11/h4-8H,9H2,1-3H3. The molecule has 0 spiro atoms. The van der Waals surface area contributed by atoms with Crippen molar-refractivity contribution in [2.75, 3.05) is 6.26 Å². The van der Waals surface area contributed by atoms with Gasteiger partial charge in [-0.1, -0.05) is 6.07 Å². The maximum Gasteiger partial charge on any atom is 0.338 e. The number of nitrogens with zero attached hydrogens (tertiary/aromatic N) is 2. The van der Waals surface area contributed by atoms with Crippen molar-refractivity contribution in [3.05, 3.63) is 47.3 Å². The molecule has 21 heavy (non-hydrogen) atoms. The molecule has 0 atom stereocenters. The van der Waals surface area contributed by atoms with Gasteiger partial charge in [-0.25, -0.2) is 13.2 Å². The number of hydrogen-bond acceptors (Lipinski definition) is 5. The van der Waals surface area contributed by atoms with E-state index in [1.54, 1.807) is 43.2 Å². The van der Waals surface area contributed by atoms with E-state index in [1.807, 2.05) is 0 Å². The zero-order valence-electron chi connectivity index (χ0n) is 12.0. The Bertz CT molecular complexity index is 778. The Kier molecular flexibility index (Phi) is 4.13. The van der Waals surface area contributed by atoms with Crippen molar-refractivity contribution in [3.63, 3.8) is 0 Å². The van der Waals surface area contributed by atoms with Gasteiger partial charge in [-0.05, 0) is 24.6 Å². The zero-order valence-corrected chi connectivity index (χ0v) is 12.8. The van der Waals surface area contributed by atoms with Crippen LogP contribution in [0, 0.1) is 6.92 Å². The molecule has 0 saturated carbocycles. The molecule has 2 rings (SSSR count). The molecule has 1 aromatic heterocycles. The van der Waals surface area contributed by atoms with Gasteiger partial charge in [0.25, 0.3) is 0 Å². The Labute approximate surface area is 123 Å². The van der Waals surface area contributed by atoms with Crippen LogP contribution in [0.1, 0.15) is 21.5 Å². The van der Waals surface area contributed by atoms with Gasteiger partial charge in [0.15, 0.2) is 9.84 Å². The fraction of sp³-hybridized carbons (Fsp3) is 0.286. The molecule has 2 aromatic rings. The monoisotopic (exact) mass is 308 g/mol. The Balaban J connectivity index is 2.16. The third kappa shape index (κ3) is 3.69. The van der Waals surface area contributed by atoms with Crippen molar-refractivity contribution in [2.24, 2.45) is 7.05 Å². The highest BCUT2D eigenvalue weighted by Gasteiger charge is 2.15. The van der Waals surface area contributed by atoms with Crippen LogP contribution in [-0.2, 0) is 28.2 Å². The van der Waals surface area contributed by atoms with E-state index in [1.165, 1.54) is 6.07 Å². The molecule has 0 N–H and O–H groups in total. The second kappa shape index (κ2) is 5.69. The molecule has 0 radical (unpaired) electrons. The molecule has 1 heterocycles. The predicted molar refractivity (Wildman–Crippen MR) is 76.6 cm³/mol. The highest BCUT2D eigenvalue weighted by Crippen LogP contribution is 2.18. The van der Waals surface area contributed by atoms with Gasteiger partial charge in [-0.2, -0.15) is 5.10 Å². The minimum absolute atomic E-state index is 0.0920. The highest BCUT2D eigenvalue weighted by molar-refractivity contribution is 7.90. The van der Waals surface area contributed by atoms with Crippen molar-refractivity contribution >= 4 is 15.8 Å². The van der Waals surface area contributed by atoms with Crippen molar-refractivity contribution in [1.82, 2.24) is 9.78 Å². The first kappa shape index (κ1) is 15.2. The summed E-state index contributed by atoms with van der Waals surface area (Å²) in [4.78, 5) is 12.1. The molecule has 0 aliphatic rings. The number of ether oxygens (including phenoxy) is 1. The molecule has 0 unspecified atom stereocenters. The molecule has 0 fully saturated rings.